The summed E-state index contributed by atoms with van der Waals surface area (Å²) in [5, 5.41) is 3.07. The van der Waals surface area contributed by atoms with Crippen LogP contribution in [0.15, 0.2) is 18.2 Å². The van der Waals surface area contributed by atoms with Crippen LogP contribution in [-0.2, 0) is 16.4 Å². The molecule has 0 spiro atoms. The van der Waals surface area contributed by atoms with Gasteiger partial charge in [-0.2, -0.15) is 0 Å². The first-order chi connectivity index (χ1) is 9.52. The minimum Gasteiger partial charge on any atom is -0.490 e. The SMILES string of the molecule is CCOc1cc(CNC)ccc1OCCS(=O)(=O)CC. The topological polar surface area (TPSA) is 64.6 Å². The molecular formula is C14H23NO4S. The van der Waals surface area contributed by atoms with Gasteiger partial charge in [-0.1, -0.05) is 13.0 Å². The predicted octanol–water partition coefficient (Wildman–Crippen LogP) is 1.62. The molecule has 20 heavy (non-hydrogen) atoms. The van der Waals surface area contributed by atoms with E-state index in [4.69, 9.17) is 9.47 Å². The molecule has 1 rings (SSSR count). The fourth-order valence-electron chi connectivity index (χ4n) is 1.68. The molecule has 1 N–H and O–H groups in total. The zero-order chi connectivity index (χ0) is 15.0. The van der Waals surface area contributed by atoms with Crippen molar-refractivity contribution in [1.29, 1.82) is 0 Å². The van der Waals surface area contributed by atoms with E-state index in [0.717, 1.165) is 12.1 Å². The molecule has 5 nitrogen and oxygen atoms in total. The highest BCUT2D eigenvalue weighted by Gasteiger charge is 2.10. The zero-order valence-electron chi connectivity index (χ0n) is 12.3. The first-order valence-corrected chi connectivity index (χ1v) is 8.58. The molecule has 0 fully saturated rings. The van der Waals surface area contributed by atoms with Gasteiger partial charge in [-0.3, -0.25) is 0 Å². The lowest BCUT2D eigenvalue weighted by Gasteiger charge is -2.13. The number of nitrogens with one attached hydrogen (secondary N) is 1. The summed E-state index contributed by atoms with van der Waals surface area (Å²) in [6.45, 7) is 4.95. The Morgan fingerprint density at radius 3 is 2.50 bits per heavy atom. The van der Waals surface area contributed by atoms with Crippen molar-refractivity contribution < 1.29 is 17.9 Å². The first kappa shape index (κ1) is 16.8. The molecule has 0 aromatic heterocycles. The van der Waals surface area contributed by atoms with Gasteiger partial charge in [0.2, 0.25) is 0 Å². The lowest BCUT2D eigenvalue weighted by Crippen LogP contribution is -2.16. The minimum absolute atomic E-state index is 0.0212. The van der Waals surface area contributed by atoms with Crippen molar-refractivity contribution in [3.8, 4) is 11.5 Å². The van der Waals surface area contributed by atoms with Gasteiger partial charge in [0.15, 0.2) is 21.3 Å². The molecule has 0 aliphatic rings. The van der Waals surface area contributed by atoms with Gasteiger partial charge in [0.1, 0.15) is 6.61 Å². The maximum Gasteiger partial charge on any atom is 0.161 e. The number of benzene rings is 1. The van der Waals surface area contributed by atoms with E-state index in [-0.39, 0.29) is 18.1 Å². The second-order valence-electron chi connectivity index (χ2n) is 4.33. The number of hydrogen-bond donors (Lipinski definition) is 1. The molecular weight excluding hydrogens is 278 g/mol. The Balaban J connectivity index is 2.73. The molecule has 6 heteroatoms. The van der Waals surface area contributed by atoms with E-state index in [9.17, 15) is 8.42 Å². The average Bonchev–Trinajstić information content (AvgIpc) is 2.42. The van der Waals surface area contributed by atoms with Crippen molar-refractivity contribution in [3.63, 3.8) is 0 Å². The van der Waals surface area contributed by atoms with Crippen molar-refractivity contribution in [2.45, 2.75) is 20.4 Å². The van der Waals surface area contributed by atoms with Gasteiger partial charge < -0.3 is 14.8 Å². The molecule has 1 aromatic rings. The molecule has 0 aliphatic heterocycles. The quantitative estimate of drug-likeness (QED) is 0.751. The zero-order valence-corrected chi connectivity index (χ0v) is 13.1. The molecule has 0 aliphatic carbocycles. The Morgan fingerprint density at radius 2 is 1.90 bits per heavy atom. The van der Waals surface area contributed by atoms with Crippen molar-refractivity contribution in [2.24, 2.45) is 0 Å². The molecule has 0 amide bonds. The van der Waals surface area contributed by atoms with E-state index >= 15 is 0 Å². The Kier molecular flexibility index (Phi) is 6.81. The Bertz CT molecular complexity index is 514. The summed E-state index contributed by atoms with van der Waals surface area (Å²) >= 11 is 0. The van der Waals surface area contributed by atoms with Crippen molar-refractivity contribution in [1.82, 2.24) is 5.32 Å². The van der Waals surface area contributed by atoms with E-state index in [2.05, 4.69) is 5.32 Å². The second kappa shape index (κ2) is 8.11. The van der Waals surface area contributed by atoms with E-state index in [0.29, 0.717) is 18.1 Å². The molecule has 0 heterocycles. The first-order valence-electron chi connectivity index (χ1n) is 6.76. The maximum absolute atomic E-state index is 11.4. The van der Waals surface area contributed by atoms with Crippen LogP contribution in [0.4, 0.5) is 0 Å². The van der Waals surface area contributed by atoms with E-state index in [1.54, 1.807) is 6.92 Å². The Hall–Kier alpha value is -1.27. The third-order valence-electron chi connectivity index (χ3n) is 2.78. The van der Waals surface area contributed by atoms with Gasteiger partial charge in [-0.05, 0) is 31.7 Å². The maximum atomic E-state index is 11.4. The van der Waals surface area contributed by atoms with Crippen LogP contribution in [0, 0.1) is 0 Å². The summed E-state index contributed by atoms with van der Waals surface area (Å²) in [6.07, 6.45) is 0. The predicted molar refractivity (Wildman–Crippen MR) is 80.2 cm³/mol. The van der Waals surface area contributed by atoms with Gasteiger partial charge in [-0.15, -0.1) is 0 Å². The normalized spacial score (nSPS) is 11.3. The molecule has 114 valence electrons. The van der Waals surface area contributed by atoms with Crippen LogP contribution in [0.5, 0.6) is 11.5 Å². The fourth-order valence-corrected chi connectivity index (χ4v) is 2.30. The molecule has 0 unspecified atom stereocenters. The molecule has 0 bridgehead atoms. The molecule has 0 saturated heterocycles. The highest BCUT2D eigenvalue weighted by atomic mass is 32.2. The van der Waals surface area contributed by atoms with Gasteiger partial charge in [0.05, 0.1) is 12.4 Å². The summed E-state index contributed by atoms with van der Waals surface area (Å²) in [7, 11) is -1.13. The molecule has 0 atom stereocenters. The van der Waals surface area contributed by atoms with Crippen LogP contribution < -0.4 is 14.8 Å². The van der Waals surface area contributed by atoms with E-state index in [1.807, 2.05) is 32.2 Å². The minimum atomic E-state index is -3.01. The monoisotopic (exact) mass is 301 g/mol. The standard InChI is InChI=1S/C14H23NO4S/c1-4-18-14-10-12(11-15-3)6-7-13(14)19-8-9-20(16,17)5-2/h6-7,10,15H,4-5,8-9,11H2,1-3H3. The van der Waals surface area contributed by atoms with Crippen LogP contribution in [0.1, 0.15) is 19.4 Å². The number of ether oxygens (including phenoxy) is 2. The van der Waals surface area contributed by atoms with E-state index in [1.165, 1.54) is 0 Å². The number of hydrogen-bond acceptors (Lipinski definition) is 5. The third-order valence-corrected chi connectivity index (χ3v) is 4.45. The Labute approximate surface area is 121 Å². The summed E-state index contributed by atoms with van der Waals surface area (Å²) < 4.78 is 33.9. The molecule has 0 radical (unpaired) electrons. The van der Waals surface area contributed by atoms with Gasteiger partial charge in [0.25, 0.3) is 0 Å². The van der Waals surface area contributed by atoms with E-state index < -0.39 is 9.84 Å². The summed E-state index contributed by atoms with van der Waals surface area (Å²) in [5.74, 6) is 1.38. The molecule has 0 saturated carbocycles. The Morgan fingerprint density at radius 1 is 1.15 bits per heavy atom. The number of sulfone groups is 1. The van der Waals surface area contributed by atoms with Crippen molar-refractivity contribution in [2.75, 3.05) is 31.8 Å². The largest absolute Gasteiger partial charge is 0.490 e. The third kappa shape index (κ3) is 5.38. The summed E-state index contributed by atoms with van der Waals surface area (Å²) in [4.78, 5) is 0. The molecule has 1 aromatic carbocycles. The summed E-state index contributed by atoms with van der Waals surface area (Å²) in [6, 6.07) is 5.66. The van der Waals surface area contributed by atoms with Crippen LogP contribution in [0.25, 0.3) is 0 Å². The van der Waals surface area contributed by atoms with Crippen molar-refractivity contribution in [3.05, 3.63) is 23.8 Å². The van der Waals surface area contributed by atoms with Gasteiger partial charge in [0, 0.05) is 12.3 Å². The highest BCUT2D eigenvalue weighted by molar-refractivity contribution is 7.91. The lowest BCUT2D eigenvalue weighted by atomic mass is 10.2. The van der Waals surface area contributed by atoms with Crippen LogP contribution >= 0.6 is 0 Å². The average molecular weight is 301 g/mol. The second-order valence-corrected chi connectivity index (χ2v) is 6.80. The van der Waals surface area contributed by atoms with Crippen molar-refractivity contribution >= 4 is 9.84 Å². The van der Waals surface area contributed by atoms with Crippen LogP contribution in [0.3, 0.4) is 0 Å². The lowest BCUT2D eigenvalue weighted by molar-refractivity contribution is 0.288. The van der Waals surface area contributed by atoms with Gasteiger partial charge >= 0.3 is 0 Å². The van der Waals surface area contributed by atoms with Crippen LogP contribution in [-0.4, -0.2) is 40.2 Å². The highest BCUT2D eigenvalue weighted by Crippen LogP contribution is 2.28. The fraction of sp³-hybridized carbons (Fsp3) is 0.571. The summed E-state index contributed by atoms with van der Waals surface area (Å²) in [5.41, 5.74) is 1.09. The van der Waals surface area contributed by atoms with Gasteiger partial charge in [-0.25, -0.2) is 8.42 Å². The number of rotatable bonds is 9. The van der Waals surface area contributed by atoms with Crippen LogP contribution in [0.2, 0.25) is 0 Å². The smallest absolute Gasteiger partial charge is 0.161 e.